The van der Waals surface area contributed by atoms with E-state index in [0.29, 0.717) is 10.7 Å². The Morgan fingerprint density at radius 2 is 2.35 bits per heavy atom. The lowest BCUT2D eigenvalue weighted by Gasteiger charge is -2.08. The van der Waals surface area contributed by atoms with Crippen molar-refractivity contribution < 1.29 is 4.79 Å². The monoisotopic (exact) mass is 248 g/mol. The average Bonchev–Trinajstić information content (AvgIpc) is 2.83. The SMILES string of the molecule is CCNc1cnccc1C(=O)Nc1nccs1. The molecule has 2 aromatic rings. The highest BCUT2D eigenvalue weighted by Crippen LogP contribution is 2.17. The number of hydrogen-bond donors (Lipinski definition) is 2. The molecule has 0 radical (unpaired) electrons. The van der Waals surface area contributed by atoms with Gasteiger partial charge in [-0.15, -0.1) is 11.3 Å². The molecule has 0 unspecified atom stereocenters. The van der Waals surface area contributed by atoms with E-state index in [0.717, 1.165) is 12.2 Å². The minimum absolute atomic E-state index is 0.182. The Hall–Kier alpha value is -1.95. The number of nitrogens with one attached hydrogen (secondary N) is 2. The highest BCUT2D eigenvalue weighted by atomic mass is 32.1. The number of nitrogens with zero attached hydrogens (tertiary/aromatic N) is 2. The van der Waals surface area contributed by atoms with Crippen molar-refractivity contribution in [3.05, 3.63) is 35.6 Å². The minimum atomic E-state index is -0.182. The molecule has 5 nitrogen and oxygen atoms in total. The van der Waals surface area contributed by atoms with Gasteiger partial charge >= 0.3 is 0 Å². The molecule has 2 aromatic heterocycles. The second-order valence-corrected chi connectivity index (χ2v) is 4.14. The van der Waals surface area contributed by atoms with Crippen molar-refractivity contribution in [2.24, 2.45) is 0 Å². The summed E-state index contributed by atoms with van der Waals surface area (Å²) in [6.07, 6.45) is 4.88. The molecule has 2 N–H and O–H groups in total. The Bertz CT molecular complexity index is 498. The topological polar surface area (TPSA) is 66.9 Å². The van der Waals surface area contributed by atoms with Crippen LogP contribution in [0.25, 0.3) is 0 Å². The Morgan fingerprint density at radius 1 is 1.47 bits per heavy atom. The zero-order valence-electron chi connectivity index (χ0n) is 9.30. The van der Waals surface area contributed by atoms with Gasteiger partial charge in [0.2, 0.25) is 0 Å². The largest absolute Gasteiger partial charge is 0.383 e. The Labute approximate surface area is 103 Å². The molecule has 1 amide bonds. The molecule has 2 heterocycles. The second kappa shape index (κ2) is 5.40. The van der Waals surface area contributed by atoms with Gasteiger partial charge in [-0.05, 0) is 13.0 Å². The van der Waals surface area contributed by atoms with E-state index in [1.54, 1.807) is 24.7 Å². The lowest BCUT2D eigenvalue weighted by molar-refractivity contribution is 0.102. The van der Waals surface area contributed by atoms with Gasteiger partial charge in [0.15, 0.2) is 5.13 Å². The van der Waals surface area contributed by atoms with Gasteiger partial charge in [0.05, 0.1) is 17.4 Å². The molecule has 0 saturated heterocycles. The van der Waals surface area contributed by atoms with Crippen LogP contribution in [0.4, 0.5) is 10.8 Å². The molecule has 0 aliphatic rings. The van der Waals surface area contributed by atoms with E-state index in [2.05, 4.69) is 20.6 Å². The average molecular weight is 248 g/mol. The molecular formula is C11H12N4OS. The van der Waals surface area contributed by atoms with Gasteiger partial charge in [0.25, 0.3) is 5.91 Å². The van der Waals surface area contributed by atoms with Crippen molar-refractivity contribution in [1.29, 1.82) is 0 Å². The number of thiazole rings is 1. The minimum Gasteiger partial charge on any atom is -0.383 e. The van der Waals surface area contributed by atoms with Crippen molar-refractivity contribution in [3.63, 3.8) is 0 Å². The summed E-state index contributed by atoms with van der Waals surface area (Å²) in [5, 5.41) is 8.24. The molecule has 0 bridgehead atoms. The van der Waals surface area contributed by atoms with Crippen LogP contribution >= 0.6 is 11.3 Å². The Morgan fingerprint density at radius 3 is 3.06 bits per heavy atom. The highest BCUT2D eigenvalue weighted by molar-refractivity contribution is 7.13. The number of anilines is 2. The third-order valence-electron chi connectivity index (χ3n) is 2.09. The molecule has 0 spiro atoms. The van der Waals surface area contributed by atoms with E-state index in [1.165, 1.54) is 11.3 Å². The van der Waals surface area contributed by atoms with Gasteiger partial charge in [0.1, 0.15) is 0 Å². The van der Waals surface area contributed by atoms with Crippen LogP contribution in [0.2, 0.25) is 0 Å². The number of rotatable bonds is 4. The summed E-state index contributed by atoms with van der Waals surface area (Å²) in [5.74, 6) is -0.182. The summed E-state index contributed by atoms with van der Waals surface area (Å²) < 4.78 is 0. The number of pyridine rings is 1. The van der Waals surface area contributed by atoms with Crippen LogP contribution in [0.5, 0.6) is 0 Å². The molecular weight excluding hydrogens is 236 g/mol. The molecule has 0 aliphatic heterocycles. The first-order valence-corrected chi connectivity index (χ1v) is 6.08. The number of aromatic nitrogens is 2. The van der Waals surface area contributed by atoms with Crippen molar-refractivity contribution in [1.82, 2.24) is 9.97 Å². The molecule has 88 valence electrons. The lowest BCUT2D eigenvalue weighted by Crippen LogP contribution is -2.14. The van der Waals surface area contributed by atoms with Gasteiger partial charge in [-0.1, -0.05) is 0 Å². The molecule has 0 aliphatic carbocycles. The molecule has 2 rings (SSSR count). The van der Waals surface area contributed by atoms with Crippen molar-refractivity contribution >= 4 is 28.1 Å². The molecule has 0 saturated carbocycles. The van der Waals surface area contributed by atoms with Crippen LogP contribution in [-0.2, 0) is 0 Å². The fraction of sp³-hybridized carbons (Fsp3) is 0.182. The fourth-order valence-electron chi connectivity index (χ4n) is 1.37. The Balaban J connectivity index is 2.18. The number of carbonyl (C=O) groups is 1. The third-order valence-corrected chi connectivity index (χ3v) is 2.77. The first-order chi connectivity index (χ1) is 8.31. The van der Waals surface area contributed by atoms with Crippen molar-refractivity contribution in [3.8, 4) is 0 Å². The normalized spacial score (nSPS) is 9.94. The van der Waals surface area contributed by atoms with Gasteiger partial charge in [-0.2, -0.15) is 0 Å². The van der Waals surface area contributed by atoms with Crippen LogP contribution in [0.15, 0.2) is 30.0 Å². The van der Waals surface area contributed by atoms with E-state index in [1.807, 2.05) is 12.3 Å². The maximum atomic E-state index is 12.0. The van der Waals surface area contributed by atoms with E-state index in [9.17, 15) is 4.79 Å². The maximum absolute atomic E-state index is 12.0. The van der Waals surface area contributed by atoms with Gasteiger partial charge in [-0.25, -0.2) is 4.98 Å². The predicted molar refractivity (Wildman–Crippen MR) is 68.5 cm³/mol. The molecule has 0 aromatic carbocycles. The van der Waals surface area contributed by atoms with Gasteiger partial charge < -0.3 is 5.32 Å². The first-order valence-electron chi connectivity index (χ1n) is 5.20. The molecule has 6 heteroatoms. The standard InChI is InChI=1S/C11H12N4OS/c1-2-13-9-7-12-4-3-8(9)10(16)15-11-14-5-6-17-11/h3-7,13H,2H2,1H3,(H,14,15,16). The van der Waals surface area contributed by atoms with Gasteiger partial charge in [-0.3, -0.25) is 15.1 Å². The van der Waals surface area contributed by atoms with Crippen molar-refractivity contribution in [2.75, 3.05) is 17.2 Å². The molecule has 0 fully saturated rings. The van der Waals surface area contributed by atoms with Crippen LogP contribution in [-0.4, -0.2) is 22.4 Å². The number of hydrogen-bond acceptors (Lipinski definition) is 5. The van der Waals surface area contributed by atoms with Crippen LogP contribution in [0, 0.1) is 0 Å². The summed E-state index contributed by atoms with van der Waals surface area (Å²) in [6.45, 7) is 2.71. The van der Waals surface area contributed by atoms with Gasteiger partial charge in [0, 0.05) is 24.3 Å². The summed E-state index contributed by atoms with van der Waals surface area (Å²) in [6, 6.07) is 1.68. The summed E-state index contributed by atoms with van der Waals surface area (Å²) >= 11 is 1.39. The Kier molecular flexibility index (Phi) is 3.66. The quantitative estimate of drug-likeness (QED) is 0.870. The molecule has 0 atom stereocenters. The van der Waals surface area contributed by atoms with Crippen LogP contribution in [0.1, 0.15) is 17.3 Å². The fourth-order valence-corrected chi connectivity index (χ4v) is 1.90. The van der Waals surface area contributed by atoms with E-state index >= 15 is 0 Å². The smallest absolute Gasteiger partial charge is 0.259 e. The van der Waals surface area contributed by atoms with E-state index in [4.69, 9.17) is 0 Å². The summed E-state index contributed by atoms with van der Waals surface area (Å²) in [7, 11) is 0. The highest BCUT2D eigenvalue weighted by Gasteiger charge is 2.11. The zero-order chi connectivity index (χ0) is 12.1. The first kappa shape index (κ1) is 11.5. The lowest BCUT2D eigenvalue weighted by atomic mass is 10.2. The van der Waals surface area contributed by atoms with Crippen molar-refractivity contribution in [2.45, 2.75) is 6.92 Å². The van der Waals surface area contributed by atoms with E-state index < -0.39 is 0 Å². The zero-order valence-corrected chi connectivity index (χ0v) is 10.1. The maximum Gasteiger partial charge on any atom is 0.259 e. The van der Waals surface area contributed by atoms with E-state index in [-0.39, 0.29) is 5.91 Å². The molecule has 17 heavy (non-hydrogen) atoms. The third kappa shape index (κ3) is 2.79. The number of amides is 1. The predicted octanol–water partition coefficient (Wildman–Crippen LogP) is 2.22. The summed E-state index contributed by atoms with van der Waals surface area (Å²) in [5.41, 5.74) is 1.29. The summed E-state index contributed by atoms with van der Waals surface area (Å²) in [4.78, 5) is 20.0. The van der Waals surface area contributed by atoms with Crippen LogP contribution in [0.3, 0.4) is 0 Å². The number of carbonyl (C=O) groups excluding carboxylic acids is 1. The van der Waals surface area contributed by atoms with Crippen LogP contribution < -0.4 is 10.6 Å². The second-order valence-electron chi connectivity index (χ2n) is 3.24.